The number of carbonyl (C=O) groups excluding carboxylic acids is 3. The maximum absolute atomic E-state index is 12.9. The van der Waals surface area contributed by atoms with Crippen LogP contribution in [0.3, 0.4) is 0 Å². The highest BCUT2D eigenvalue weighted by Gasteiger charge is 2.53. The number of benzene rings is 2. The Morgan fingerprint density at radius 3 is 1.66 bits per heavy atom. The minimum Gasteiger partial charge on any atom is -0.360 e. The van der Waals surface area contributed by atoms with Crippen LogP contribution in [0.25, 0.3) is 0 Å². The zero-order valence-electron chi connectivity index (χ0n) is 56.4. The summed E-state index contributed by atoms with van der Waals surface area (Å²) in [6, 6.07) is 23.3. The second-order valence-corrected chi connectivity index (χ2v) is 25.0. The first-order valence-corrected chi connectivity index (χ1v) is 32.4. The number of amidine groups is 1. The van der Waals surface area contributed by atoms with Gasteiger partial charge in [0, 0.05) is 56.1 Å². The molecule has 2 amide bonds. The summed E-state index contributed by atoms with van der Waals surface area (Å²) in [5.74, 6) is 0.901. The van der Waals surface area contributed by atoms with E-state index in [1.54, 1.807) is 7.05 Å². The number of aliphatic imine (C=N–C) groups is 1. The summed E-state index contributed by atoms with van der Waals surface area (Å²) in [6.07, 6.45) is 19.9. The highest BCUT2D eigenvalue weighted by molar-refractivity contribution is 5.99. The number of aryl methyl sites for hydroxylation is 2. The van der Waals surface area contributed by atoms with Crippen LogP contribution in [0.5, 0.6) is 0 Å². The first-order chi connectivity index (χ1) is 40.3. The number of nitrogens with one attached hydrogen (secondary N) is 2. The number of nitrogens with zero attached hydrogens (tertiary/aromatic N) is 6. The van der Waals surface area contributed by atoms with Crippen LogP contribution in [-0.2, 0) is 27.2 Å². The Labute approximate surface area is 519 Å². The van der Waals surface area contributed by atoms with E-state index in [1.807, 2.05) is 57.4 Å². The molecule has 3 heterocycles. The lowest BCUT2D eigenvalue weighted by Gasteiger charge is -2.43. The van der Waals surface area contributed by atoms with E-state index in [0.29, 0.717) is 22.7 Å². The fraction of sp³-hybridized carbons (Fsp3) is 0.616. The van der Waals surface area contributed by atoms with Crippen molar-refractivity contribution in [1.29, 1.82) is 5.26 Å². The number of rotatable bonds is 26. The second-order valence-electron chi connectivity index (χ2n) is 25.0. The van der Waals surface area contributed by atoms with Gasteiger partial charge in [0.15, 0.2) is 5.78 Å². The van der Waals surface area contributed by atoms with E-state index in [1.165, 1.54) is 36.8 Å². The summed E-state index contributed by atoms with van der Waals surface area (Å²) < 4.78 is 0. The van der Waals surface area contributed by atoms with Gasteiger partial charge in [-0.1, -0.05) is 210 Å². The van der Waals surface area contributed by atoms with Crippen molar-refractivity contribution in [3.05, 3.63) is 133 Å². The predicted octanol–water partition coefficient (Wildman–Crippen LogP) is 16.3. The van der Waals surface area contributed by atoms with Gasteiger partial charge < -0.3 is 25.8 Å². The second kappa shape index (κ2) is 38.9. The molecule has 3 aliphatic rings. The number of unbranched alkanes of at least 4 members (excludes halogenated alkanes) is 3. The molecular weight excluding hydrogens is 1050 g/mol. The van der Waals surface area contributed by atoms with Gasteiger partial charge >= 0.3 is 0 Å². The highest BCUT2D eigenvalue weighted by atomic mass is 16.2. The summed E-state index contributed by atoms with van der Waals surface area (Å²) in [5.41, 5.74) is 14.0. The van der Waals surface area contributed by atoms with Gasteiger partial charge in [-0.3, -0.25) is 24.8 Å². The molecule has 0 saturated carbocycles. The van der Waals surface area contributed by atoms with Crippen molar-refractivity contribution in [2.75, 3.05) is 26.7 Å². The molecule has 0 aliphatic carbocycles. The maximum Gasteiger partial charge on any atom is 0.250 e. The number of Topliss-reactive ketones (excluding diaryl/α,β-unsaturated/α-hetero) is 1. The first-order valence-electron chi connectivity index (χ1n) is 32.4. The topological polar surface area (TPSA) is 160 Å². The van der Waals surface area contributed by atoms with Crippen molar-refractivity contribution in [3.63, 3.8) is 0 Å². The molecule has 474 valence electrons. The monoisotopic (exact) mass is 1170 g/mol. The van der Waals surface area contributed by atoms with Crippen molar-refractivity contribution in [3.8, 4) is 6.07 Å². The number of amides is 2. The SMILES string of the molecule is C=C(C(=C)C(C)(C)CC)N1CCCCC1C(=O)NCCCCc1ccccc1.C=C(C(=O)C(C)(C)CC)N1C(CCC)CC(C)[C@@]1(N)C(=C)C#N.C=NNC(=NC)C1CCCCN1C(=O)C(=C)C(C)(C)CC.CC.CCCCCc1ccccc1. The Kier molecular flexibility index (Phi) is 35.2. The molecule has 0 aromatic heterocycles. The van der Waals surface area contributed by atoms with Crippen LogP contribution in [0, 0.1) is 33.5 Å². The molecule has 85 heavy (non-hydrogen) atoms. The molecule has 3 saturated heterocycles. The summed E-state index contributed by atoms with van der Waals surface area (Å²) >= 11 is 0. The number of ketones is 1. The lowest BCUT2D eigenvalue weighted by atomic mass is 9.80. The number of hydrogen-bond acceptors (Lipinski definition) is 9. The van der Waals surface area contributed by atoms with Gasteiger partial charge in [0.05, 0.1) is 23.4 Å². The number of nitrogens with two attached hydrogens (primary N) is 1. The van der Waals surface area contributed by atoms with Crippen LogP contribution in [0.4, 0.5) is 0 Å². The molecule has 4 N–H and O–H groups in total. The maximum atomic E-state index is 12.9. The number of hydrogen-bond donors (Lipinski definition) is 3. The summed E-state index contributed by atoms with van der Waals surface area (Å²) in [6.45, 7) is 55.4. The Morgan fingerprint density at radius 1 is 0.694 bits per heavy atom. The molecule has 2 aromatic carbocycles. The van der Waals surface area contributed by atoms with E-state index in [0.717, 1.165) is 127 Å². The van der Waals surface area contributed by atoms with Crippen LogP contribution in [-0.4, -0.2) is 95.3 Å². The highest BCUT2D eigenvalue weighted by Crippen LogP contribution is 2.45. The van der Waals surface area contributed by atoms with Gasteiger partial charge in [-0.2, -0.15) is 10.4 Å². The van der Waals surface area contributed by atoms with Gasteiger partial charge in [-0.15, -0.1) is 0 Å². The Hall–Kier alpha value is -6.06. The van der Waals surface area contributed by atoms with Crippen molar-refractivity contribution in [2.24, 2.45) is 38.0 Å². The molecule has 3 fully saturated rings. The summed E-state index contributed by atoms with van der Waals surface area (Å²) in [5, 5.41) is 16.2. The van der Waals surface area contributed by atoms with Crippen LogP contribution in [0.1, 0.15) is 217 Å². The zero-order chi connectivity index (χ0) is 64.6. The van der Waals surface area contributed by atoms with Crippen LogP contribution < -0.4 is 16.5 Å². The molecule has 5 atom stereocenters. The molecule has 0 bridgehead atoms. The molecule has 5 rings (SSSR count). The normalized spacial score (nSPS) is 19.5. The Morgan fingerprint density at radius 2 is 1.19 bits per heavy atom. The average Bonchev–Trinajstić information content (AvgIpc) is 1.80. The zero-order valence-corrected chi connectivity index (χ0v) is 56.4. The van der Waals surface area contributed by atoms with E-state index in [9.17, 15) is 19.6 Å². The van der Waals surface area contributed by atoms with E-state index in [2.05, 4.69) is 181 Å². The molecule has 0 spiro atoms. The molecular formula is C73H119N9O3. The number of allylic oxidation sites excluding steroid dienone is 2. The summed E-state index contributed by atoms with van der Waals surface area (Å²) in [4.78, 5) is 48.8. The predicted molar refractivity (Wildman–Crippen MR) is 363 cm³/mol. The number of nitriles is 1. The standard InChI is InChI=1S/C25H38N2O.C19H31N3O.C16H28N4O.C11H16.C2H6/c1-6-25(4,5)20(2)21(3)27-19-13-11-17-23(27)24(28)26-18-12-10-16-22-14-8-7-9-15-22;1-8-10-16-11-13(3)19(21,14(4)12-20)22(16)15(5)17(23)18(6,7)9-2;1-7-16(3,4)12(2)15(21)20-11-9-8-10-13(20)14(17-5)19-18-6;1-2-3-5-8-11-9-6-4-7-10-11;1-2/h7-9,14-15,23H,2-3,6,10-13,16-19H2,1,4-5H3,(H,26,28);13,16H,4-5,8-11,21H2,1-3,6-7H3;13H,2,6-11H2,1,3-5H3,(H,17,19);4,6-7,9-10H,2-3,5,8H2,1H3;1-2H3/t;13?,16?,19-;;;/m.0.../s1. The molecule has 3 aliphatic heterocycles. The van der Waals surface area contributed by atoms with Gasteiger partial charge in [-0.25, -0.2) is 0 Å². The fourth-order valence-electron chi connectivity index (χ4n) is 10.9. The molecule has 2 aromatic rings. The average molecular weight is 1170 g/mol. The van der Waals surface area contributed by atoms with E-state index >= 15 is 0 Å². The van der Waals surface area contributed by atoms with Gasteiger partial charge in [0.1, 0.15) is 17.5 Å². The number of hydrazone groups is 1. The van der Waals surface area contributed by atoms with Crippen molar-refractivity contribution in [1.82, 2.24) is 25.4 Å². The quantitative estimate of drug-likeness (QED) is 0.0160. The first kappa shape index (κ1) is 77.0. The number of piperidine rings is 2. The molecule has 0 radical (unpaired) electrons. The molecule has 12 heteroatoms. The fourth-order valence-corrected chi connectivity index (χ4v) is 10.9. The van der Waals surface area contributed by atoms with Gasteiger partial charge in [-0.05, 0) is 136 Å². The Bertz CT molecular complexity index is 2490. The van der Waals surface area contributed by atoms with E-state index in [4.69, 9.17) is 5.73 Å². The van der Waals surface area contributed by atoms with Crippen LogP contribution in [0.2, 0.25) is 0 Å². The lowest BCUT2D eigenvalue weighted by Crippen LogP contribution is -2.58. The number of carbonyl (C=O) groups is 3. The summed E-state index contributed by atoms with van der Waals surface area (Å²) in [7, 11) is 1.70. The third-order valence-corrected chi connectivity index (χ3v) is 18.1. The van der Waals surface area contributed by atoms with Crippen molar-refractivity contribution in [2.45, 2.75) is 243 Å². The smallest absolute Gasteiger partial charge is 0.250 e. The van der Waals surface area contributed by atoms with Crippen molar-refractivity contribution < 1.29 is 14.4 Å². The van der Waals surface area contributed by atoms with Crippen LogP contribution >= 0.6 is 0 Å². The number of likely N-dealkylation sites (tertiary alicyclic amines) is 3. The largest absolute Gasteiger partial charge is 0.360 e. The minimum atomic E-state index is -1.02. The van der Waals surface area contributed by atoms with Gasteiger partial charge in [0.2, 0.25) is 11.8 Å². The van der Waals surface area contributed by atoms with Crippen LogP contribution in [0.15, 0.2) is 132 Å². The van der Waals surface area contributed by atoms with E-state index in [-0.39, 0.29) is 52.5 Å². The lowest BCUT2D eigenvalue weighted by molar-refractivity contribution is -0.130. The van der Waals surface area contributed by atoms with Gasteiger partial charge in [0.25, 0.3) is 0 Å². The molecule has 12 nitrogen and oxygen atoms in total. The molecule has 4 unspecified atom stereocenters. The Balaban J connectivity index is 0.000000582. The van der Waals surface area contributed by atoms with E-state index < -0.39 is 11.1 Å². The third kappa shape index (κ3) is 23.0. The minimum absolute atomic E-state index is 0.00392. The third-order valence-electron chi connectivity index (χ3n) is 18.1. The van der Waals surface area contributed by atoms with Crippen molar-refractivity contribution >= 4 is 30.2 Å².